The molecule has 0 spiro atoms. The van der Waals surface area contributed by atoms with Crippen LogP contribution in [0.4, 0.5) is 0 Å². The Kier molecular flexibility index (Phi) is 1.93. The van der Waals surface area contributed by atoms with Crippen LogP contribution in [0.5, 0.6) is 0 Å². The van der Waals surface area contributed by atoms with Gasteiger partial charge >= 0.3 is 0 Å². The molecule has 0 saturated heterocycles. The van der Waals surface area contributed by atoms with E-state index >= 15 is 0 Å². The molecule has 0 aromatic rings. The zero-order chi connectivity index (χ0) is 10.1. The summed E-state index contributed by atoms with van der Waals surface area (Å²) in [5.74, 6) is -0.623. The Hall–Kier alpha value is -1.89. The minimum atomic E-state index is -0.504. The molecule has 7 nitrogen and oxygen atoms in total. The fourth-order valence-electron chi connectivity index (χ4n) is 1.11. The zero-order valence-electron chi connectivity index (χ0n) is 7.06. The van der Waals surface area contributed by atoms with E-state index in [0.717, 1.165) is 0 Å². The van der Waals surface area contributed by atoms with Crippen LogP contribution in [-0.4, -0.2) is 47.4 Å². The molecule has 3 N–H and O–H groups in total. The second kappa shape index (κ2) is 3.11. The molecule has 0 bridgehead atoms. The fraction of sp³-hybridized carbons (Fsp3) is 0.286. The highest BCUT2D eigenvalue weighted by molar-refractivity contribution is 6.70. The van der Waals surface area contributed by atoms with Crippen molar-refractivity contribution < 1.29 is 9.90 Å². The normalized spacial score (nSPS) is 25.1. The molecule has 72 valence electrons. The van der Waals surface area contributed by atoms with E-state index in [1.807, 2.05) is 0 Å². The zero-order valence-corrected chi connectivity index (χ0v) is 7.06. The average molecular weight is 193 g/mol. The van der Waals surface area contributed by atoms with Crippen LogP contribution in [-0.2, 0) is 4.79 Å². The maximum Gasteiger partial charge on any atom is 0.280 e. The molecule has 0 saturated carbocycles. The minimum absolute atomic E-state index is 0.0718. The van der Waals surface area contributed by atoms with Crippen LogP contribution in [0, 0.1) is 5.41 Å². The van der Waals surface area contributed by atoms with Gasteiger partial charge in [-0.15, -0.1) is 0 Å². The lowest BCUT2D eigenvalue weighted by atomic mass is 10.2. The van der Waals surface area contributed by atoms with E-state index in [1.54, 1.807) is 0 Å². The van der Waals surface area contributed by atoms with Gasteiger partial charge in [-0.3, -0.25) is 20.5 Å². The van der Waals surface area contributed by atoms with Crippen LogP contribution < -0.4 is 5.32 Å². The first-order valence-corrected chi connectivity index (χ1v) is 3.92. The number of nitrogens with zero attached hydrogens (tertiary/aromatic N) is 3. The summed E-state index contributed by atoms with van der Waals surface area (Å²) >= 11 is 0. The summed E-state index contributed by atoms with van der Waals surface area (Å²) in [7, 11) is 0. The van der Waals surface area contributed by atoms with E-state index in [-0.39, 0.29) is 24.1 Å². The van der Waals surface area contributed by atoms with E-state index < -0.39 is 11.9 Å². The van der Waals surface area contributed by atoms with Gasteiger partial charge in [-0.05, 0) is 0 Å². The molecule has 1 amide bonds. The number of aliphatic imine (C=N–C) groups is 3. The number of carbonyl (C=O) groups excluding carboxylic acids is 1. The van der Waals surface area contributed by atoms with Crippen molar-refractivity contribution in [2.45, 2.75) is 6.04 Å². The van der Waals surface area contributed by atoms with E-state index in [9.17, 15) is 4.79 Å². The third-order valence-electron chi connectivity index (χ3n) is 1.73. The summed E-state index contributed by atoms with van der Waals surface area (Å²) in [4.78, 5) is 22.7. The number of fused-ring (bicyclic) bond motifs is 1. The lowest BCUT2D eigenvalue weighted by molar-refractivity contribution is -0.113. The molecular formula is C7H7N5O2. The van der Waals surface area contributed by atoms with Gasteiger partial charge in [0.2, 0.25) is 5.96 Å². The van der Waals surface area contributed by atoms with E-state index in [2.05, 4.69) is 20.3 Å². The predicted molar refractivity (Wildman–Crippen MR) is 50.1 cm³/mol. The summed E-state index contributed by atoms with van der Waals surface area (Å²) in [5.41, 5.74) is 0.0718. The van der Waals surface area contributed by atoms with Crippen molar-refractivity contribution >= 4 is 29.6 Å². The SMILES string of the molecule is N=C1N=C2N=CC(CO)N=C2C(=O)N1. The van der Waals surface area contributed by atoms with Crippen molar-refractivity contribution in [3.05, 3.63) is 0 Å². The standard InChI is InChI=1S/C7H7N5O2/c8-7-11-5-4(6(14)12-7)10-3(2-13)1-9-5/h1,3,13H,2H2,(H2,8,12,14). The lowest BCUT2D eigenvalue weighted by Gasteiger charge is -2.17. The highest BCUT2D eigenvalue weighted by Gasteiger charge is 2.27. The van der Waals surface area contributed by atoms with Crippen LogP contribution in [0.2, 0.25) is 0 Å². The fourth-order valence-corrected chi connectivity index (χ4v) is 1.11. The summed E-state index contributed by atoms with van der Waals surface area (Å²) in [6.07, 6.45) is 1.40. The van der Waals surface area contributed by atoms with Crippen molar-refractivity contribution in [1.29, 1.82) is 5.41 Å². The number of aliphatic hydroxyl groups excluding tert-OH is 1. The monoisotopic (exact) mass is 193 g/mol. The molecular weight excluding hydrogens is 186 g/mol. The number of amidine groups is 1. The van der Waals surface area contributed by atoms with Gasteiger partial charge in [0.1, 0.15) is 6.04 Å². The van der Waals surface area contributed by atoms with Gasteiger partial charge in [0.25, 0.3) is 5.91 Å². The van der Waals surface area contributed by atoms with Crippen LogP contribution in [0.15, 0.2) is 15.0 Å². The second-order valence-electron chi connectivity index (χ2n) is 2.74. The third kappa shape index (κ3) is 1.33. The van der Waals surface area contributed by atoms with Crippen molar-refractivity contribution in [2.75, 3.05) is 6.61 Å². The molecule has 0 aliphatic carbocycles. The van der Waals surface area contributed by atoms with Gasteiger partial charge in [0.05, 0.1) is 6.61 Å². The number of nitrogens with one attached hydrogen (secondary N) is 2. The molecule has 2 aliphatic rings. The van der Waals surface area contributed by atoms with E-state index in [1.165, 1.54) is 6.21 Å². The third-order valence-corrected chi connectivity index (χ3v) is 1.73. The van der Waals surface area contributed by atoms with Crippen LogP contribution in [0.25, 0.3) is 0 Å². The smallest absolute Gasteiger partial charge is 0.280 e. The van der Waals surface area contributed by atoms with Crippen molar-refractivity contribution in [3.63, 3.8) is 0 Å². The van der Waals surface area contributed by atoms with Crippen molar-refractivity contribution in [2.24, 2.45) is 15.0 Å². The number of carbonyl (C=O) groups is 1. The molecule has 1 atom stereocenters. The highest BCUT2D eigenvalue weighted by Crippen LogP contribution is 2.03. The summed E-state index contributed by atoms with van der Waals surface area (Å²) in [5, 5.41) is 18.1. The minimum Gasteiger partial charge on any atom is -0.394 e. The molecule has 2 aliphatic heterocycles. The molecule has 14 heavy (non-hydrogen) atoms. The molecule has 0 aromatic heterocycles. The van der Waals surface area contributed by atoms with Gasteiger partial charge in [-0.25, -0.2) is 4.99 Å². The number of hydrogen-bond acceptors (Lipinski definition) is 5. The number of rotatable bonds is 1. The van der Waals surface area contributed by atoms with Gasteiger partial charge in [0.15, 0.2) is 11.5 Å². The summed E-state index contributed by atoms with van der Waals surface area (Å²) < 4.78 is 0. The number of hydrogen-bond donors (Lipinski definition) is 3. The van der Waals surface area contributed by atoms with Crippen LogP contribution in [0.1, 0.15) is 0 Å². The lowest BCUT2D eigenvalue weighted by Crippen LogP contribution is -2.45. The van der Waals surface area contributed by atoms with Gasteiger partial charge in [-0.2, -0.15) is 4.99 Å². The number of aliphatic hydroxyl groups is 1. The van der Waals surface area contributed by atoms with E-state index in [4.69, 9.17) is 10.5 Å². The molecule has 7 heteroatoms. The molecule has 2 rings (SSSR count). The molecule has 0 fully saturated rings. The average Bonchev–Trinajstić information content (AvgIpc) is 2.17. The number of guanidine groups is 1. The highest BCUT2D eigenvalue weighted by atomic mass is 16.3. The Morgan fingerprint density at radius 1 is 1.64 bits per heavy atom. The molecule has 1 unspecified atom stereocenters. The Labute approximate surface area is 78.8 Å². The summed E-state index contributed by atoms with van der Waals surface area (Å²) in [6, 6.07) is -0.498. The quantitative estimate of drug-likeness (QED) is 0.463. The van der Waals surface area contributed by atoms with Crippen molar-refractivity contribution in [3.8, 4) is 0 Å². The van der Waals surface area contributed by atoms with Gasteiger partial charge in [-0.1, -0.05) is 0 Å². The first kappa shape index (κ1) is 8.70. The van der Waals surface area contributed by atoms with Gasteiger partial charge < -0.3 is 5.11 Å². The number of amides is 1. The molecule has 2 heterocycles. The Morgan fingerprint density at radius 2 is 2.43 bits per heavy atom. The topological polar surface area (TPSA) is 110 Å². The van der Waals surface area contributed by atoms with Crippen molar-refractivity contribution in [1.82, 2.24) is 5.32 Å². The maximum atomic E-state index is 11.3. The Balaban J connectivity index is 2.40. The first-order valence-electron chi connectivity index (χ1n) is 3.92. The second-order valence-corrected chi connectivity index (χ2v) is 2.74. The molecule has 0 aromatic carbocycles. The van der Waals surface area contributed by atoms with Crippen LogP contribution in [0.3, 0.4) is 0 Å². The summed E-state index contributed by atoms with van der Waals surface area (Å²) in [6.45, 7) is -0.203. The predicted octanol–water partition coefficient (Wildman–Crippen LogP) is -1.66. The van der Waals surface area contributed by atoms with E-state index in [0.29, 0.717) is 0 Å². The Bertz CT molecular complexity index is 395. The maximum absolute atomic E-state index is 11.3. The first-order chi connectivity index (χ1) is 6.70. The van der Waals surface area contributed by atoms with Gasteiger partial charge in [0, 0.05) is 6.21 Å². The van der Waals surface area contributed by atoms with Crippen LogP contribution >= 0.6 is 0 Å². The Morgan fingerprint density at radius 3 is 3.14 bits per heavy atom. The largest absolute Gasteiger partial charge is 0.394 e. The molecule has 0 radical (unpaired) electrons.